The van der Waals surface area contributed by atoms with Crippen LogP contribution >= 0.6 is 45.8 Å². The van der Waals surface area contributed by atoms with E-state index in [0.717, 1.165) is 20.3 Å². The summed E-state index contributed by atoms with van der Waals surface area (Å²) in [4.78, 5) is 16.7. The molecule has 3 aromatic rings. The SMILES string of the molecule is COc1cc(/C=C2\N=C(c3ccc(Cl)cc3Cl)OC2=O)cc(I)c1OCc1ccccc1C. The number of aliphatic imine (C=N–C) groups is 1. The maximum Gasteiger partial charge on any atom is 0.363 e. The zero-order valence-corrected chi connectivity index (χ0v) is 21.4. The lowest BCUT2D eigenvalue weighted by atomic mass is 10.1. The number of hydrogen-bond acceptors (Lipinski definition) is 5. The molecule has 168 valence electrons. The number of halogens is 3. The second-order valence-corrected chi connectivity index (χ2v) is 9.22. The number of aryl methyl sites for hydroxylation is 1. The van der Waals surface area contributed by atoms with Crippen molar-refractivity contribution in [3.05, 3.63) is 96.2 Å². The summed E-state index contributed by atoms with van der Waals surface area (Å²) >= 11 is 14.3. The van der Waals surface area contributed by atoms with Gasteiger partial charge in [0.15, 0.2) is 17.2 Å². The van der Waals surface area contributed by atoms with Crippen LogP contribution in [0.25, 0.3) is 6.08 Å². The molecule has 8 heteroatoms. The minimum atomic E-state index is -0.565. The predicted molar refractivity (Wildman–Crippen MR) is 138 cm³/mol. The second-order valence-electron chi connectivity index (χ2n) is 7.21. The molecule has 3 aromatic carbocycles. The van der Waals surface area contributed by atoms with E-state index in [4.69, 9.17) is 37.4 Å². The number of rotatable bonds is 6. The van der Waals surface area contributed by atoms with Gasteiger partial charge in [0.25, 0.3) is 0 Å². The van der Waals surface area contributed by atoms with Gasteiger partial charge < -0.3 is 14.2 Å². The Morgan fingerprint density at radius 3 is 2.64 bits per heavy atom. The first-order chi connectivity index (χ1) is 15.9. The normalized spacial score (nSPS) is 14.3. The van der Waals surface area contributed by atoms with Crippen LogP contribution in [0.5, 0.6) is 11.5 Å². The Kier molecular flexibility index (Phi) is 7.26. The molecule has 0 aliphatic carbocycles. The highest BCUT2D eigenvalue weighted by Crippen LogP contribution is 2.36. The van der Waals surface area contributed by atoms with Crippen molar-refractivity contribution in [2.45, 2.75) is 13.5 Å². The first kappa shape index (κ1) is 23.6. The molecule has 0 fully saturated rings. The van der Waals surface area contributed by atoms with Crippen LogP contribution in [0.15, 0.2) is 65.3 Å². The van der Waals surface area contributed by atoms with E-state index in [1.807, 2.05) is 37.3 Å². The molecule has 0 bridgehead atoms. The van der Waals surface area contributed by atoms with Crippen LogP contribution in [0, 0.1) is 10.5 Å². The molecule has 0 amide bonds. The summed E-state index contributed by atoms with van der Waals surface area (Å²) in [6, 6.07) is 16.6. The minimum absolute atomic E-state index is 0.132. The molecule has 0 saturated heterocycles. The Balaban J connectivity index is 1.61. The van der Waals surface area contributed by atoms with Gasteiger partial charge in [-0.2, -0.15) is 0 Å². The number of carbonyl (C=O) groups excluding carboxylic acids is 1. The van der Waals surface area contributed by atoms with Gasteiger partial charge in [0.05, 0.1) is 21.3 Å². The van der Waals surface area contributed by atoms with Crippen molar-refractivity contribution in [2.24, 2.45) is 4.99 Å². The topological polar surface area (TPSA) is 57.1 Å². The zero-order chi connectivity index (χ0) is 23.5. The number of hydrogen-bond donors (Lipinski definition) is 0. The third-order valence-corrected chi connectivity index (χ3v) is 6.32. The molecule has 0 N–H and O–H groups in total. The lowest BCUT2D eigenvalue weighted by molar-refractivity contribution is -0.129. The highest BCUT2D eigenvalue weighted by Gasteiger charge is 2.26. The van der Waals surface area contributed by atoms with Crippen LogP contribution in [0.3, 0.4) is 0 Å². The van der Waals surface area contributed by atoms with Gasteiger partial charge in [0.1, 0.15) is 6.61 Å². The third-order valence-electron chi connectivity index (χ3n) is 4.97. The van der Waals surface area contributed by atoms with Crippen LogP contribution in [0.2, 0.25) is 10.0 Å². The monoisotopic (exact) mass is 593 g/mol. The van der Waals surface area contributed by atoms with Crippen molar-refractivity contribution >= 4 is 63.7 Å². The smallest absolute Gasteiger partial charge is 0.363 e. The summed E-state index contributed by atoms with van der Waals surface area (Å²) in [5.41, 5.74) is 3.62. The number of benzene rings is 3. The fourth-order valence-corrected chi connectivity index (χ4v) is 4.50. The second kappa shape index (κ2) is 10.2. The highest BCUT2D eigenvalue weighted by molar-refractivity contribution is 14.1. The first-order valence-electron chi connectivity index (χ1n) is 9.88. The Hall–Kier alpha value is -2.55. The van der Waals surface area contributed by atoms with Crippen LogP contribution in [-0.4, -0.2) is 19.0 Å². The number of ether oxygens (including phenoxy) is 3. The standard InChI is InChI=1S/C25H18Cl2INO4/c1-14-5-3-4-6-16(14)13-32-23-20(28)9-15(11-22(23)31-2)10-21-25(30)33-24(29-21)18-8-7-17(26)12-19(18)27/h3-12H,13H2,1-2H3/b21-10-. The van der Waals surface area contributed by atoms with Gasteiger partial charge in [-0.05, 0) is 82.6 Å². The Bertz CT molecular complexity index is 1300. The summed E-state index contributed by atoms with van der Waals surface area (Å²) in [6.07, 6.45) is 1.63. The minimum Gasteiger partial charge on any atom is -0.493 e. The zero-order valence-electron chi connectivity index (χ0n) is 17.7. The maximum atomic E-state index is 12.4. The Morgan fingerprint density at radius 1 is 1.12 bits per heavy atom. The first-order valence-corrected chi connectivity index (χ1v) is 11.7. The third kappa shape index (κ3) is 5.34. The van der Waals surface area contributed by atoms with E-state index in [-0.39, 0.29) is 11.6 Å². The van der Waals surface area contributed by atoms with E-state index in [1.165, 1.54) is 0 Å². The molecule has 0 aromatic heterocycles. The summed E-state index contributed by atoms with van der Waals surface area (Å²) in [5.74, 6) is 0.755. The number of cyclic esters (lactones) is 1. The largest absolute Gasteiger partial charge is 0.493 e. The summed E-state index contributed by atoms with van der Waals surface area (Å²) < 4.78 is 17.8. The summed E-state index contributed by atoms with van der Waals surface area (Å²) in [6.45, 7) is 2.46. The molecule has 1 heterocycles. The van der Waals surface area contributed by atoms with Gasteiger partial charge in [0, 0.05) is 5.02 Å². The van der Waals surface area contributed by atoms with Crippen LogP contribution in [0.1, 0.15) is 22.3 Å². The number of esters is 1. The van der Waals surface area contributed by atoms with Crippen LogP contribution in [-0.2, 0) is 16.1 Å². The summed E-state index contributed by atoms with van der Waals surface area (Å²) in [5, 5.41) is 0.831. The molecule has 5 nitrogen and oxygen atoms in total. The van der Waals surface area contributed by atoms with Crippen molar-refractivity contribution in [2.75, 3.05) is 7.11 Å². The van der Waals surface area contributed by atoms with Crippen molar-refractivity contribution < 1.29 is 19.0 Å². The van der Waals surface area contributed by atoms with E-state index in [2.05, 4.69) is 27.6 Å². The molecule has 33 heavy (non-hydrogen) atoms. The predicted octanol–water partition coefficient (Wildman–Crippen LogP) is 6.84. The molecule has 0 radical (unpaired) electrons. The fraction of sp³-hybridized carbons (Fsp3) is 0.120. The lowest BCUT2D eigenvalue weighted by Gasteiger charge is -2.14. The number of methoxy groups -OCH3 is 1. The molecular formula is C25H18Cl2INO4. The molecule has 4 rings (SSSR count). The van der Waals surface area contributed by atoms with E-state index in [0.29, 0.717) is 33.7 Å². The van der Waals surface area contributed by atoms with E-state index < -0.39 is 5.97 Å². The van der Waals surface area contributed by atoms with Gasteiger partial charge in [-0.25, -0.2) is 9.79 Å². The van der Waals surface area contributed by atoms with Gasteiger partial charge >= 0.3 is 5.97 Å². The molecule has 1 aliphatic rings. The molecule has 0 unspecified atom stereocenters. The van der Waals surface area contributed by atoms with Gasteiger partial charge in [-0.1, -0.05) is 47.5 Å². The van der Waals surface area contributed by atoms with Crippen molar-refractivity contribution in [3.8, 4) is 11.5 Å². The van der Waals surface area contributed by atoms with Crippen LogP contribution in [0.4, 0.5) is 0 Å². The van der Waals surface area contributed by atoms with Gasteiger partial charge in [-0.3, -0.25) is 0 Å². The maximum absolute atomic E-state index is 12.4. The summed E-state index contributed by atoms with van der Waals surface area (Å²) in [7, 11) is 1.57. The molecule has 0 atom stereocenters. The average molecular weight is 594 g/mol. The van der Waals surface area contributed by atoms with Crippen molar-refractivity contribution in [1.29, 1.82) is 0 Å². The van der Waals surface area contributed by atoms with E-state index in [1.54, 1.807) is 37.5 Å². The quantitative estimate of drug-likeness (QED) is 0.178. The molecule has 0 spiro atoms. The van der Waals surface area contributed by atoms with E-state index >= 15 is 0 Å². The van der Waals surface area contributed by atoms with Crippen molar-refractivity contribution in [3.63, 3.8) is 0 Å². The Labute approximate surface area is 215 Å². The van der Waals surface area contributed by atoms with Crippen LogP contribution < -0.4 is 9.47 Å². The number of carbonyl (C=O) groups is 1. The average Bonchev–Trinajstić information content (AvgIpc) is 3.13. The van der Waals surface area contributed by atoms with Gasteiger partial charge in [0.2, 0.25) is 5.90 Å². The number of nitrogens with zero attached hydrogens (tertiary/aromatic N) is 1. The molecular weight excluding hydrogens is 576 g/mol. The molecule has 1 aliphatic heterocycles. The molecule has 0 saturated carbocycles. The lowest BCUT2D eigenvalue weighted by Crippen LogP contribution is -2.06. The highest BCUT2D eigenvalue weighted by atomic mass is 127. The van der Waals surface area contributed by atoms with Crippen molar-refractivity contribution in [1.82, 2.24) is 0 Å². The fourth-order valence-electron chi connectivity index (χ4n) is 3.23. The van der Waals surface area contributed by atoms with E-state index in [9.17, 15) is 4.79 Å². The van der Waals surface area contributed by atoms with Gasteiger partial charge in [-0.15, -0.1) is 0 Å². The Morgan fingerprint density at radius 2 is 1.91 bits per heavy atom.